The number of carbonyl (C=O) groups is 1. The van der Waals surface area contributed by atoms with Crippen molar-refractivity contribution in [2.75, 3.05) is 5.32 Å². The van der Waals surface area contributed by atoms with Crippen LogP contribution in [0, 0.1) is 12.8 Å². The minimum atomic E-state index is -0.765. The fourth-order valence-corrected chi connectivity index (χ4v) is 4.25. The summed E-state index contributed by atoms with van der Waals surface area (Å²) in [6.45, 7) is 6.20. The predicted octanol–water partition coefficient (Wildman–Crippen LogP) is 3.78. The molecule has 11 nitrogen and oxygen atoms in total. The molecule has 1 saturated carbocycles. The van der Waals surface area contributed by atoms with Crippen molar-refractivity contribution >= 4 is 23.5 Å². The van der Waals surface area contributed by atoms with Gasteiger partial charge >= 0.3 is 5.97 Å². The monoisotopic (exact) mass is 500 g/mol. The summed E-state index contributed by atoms with van der Waals surface area (Å²) in [5.41, 5.74) is 2.29. The lowest BCUT2D eigenvalue weighted by Gasteiger charge is -2.27. The van der Waals surface area contributed by atoms with Crippen molar-refractivity contribution in [2.24, 2.45) is 13.0 Å². The Kier molecular flexibility index (Phi) is 7.44. The number of ether oxygens (including phenoxy) is 1. The Hall–Kier alpha value is -3.34. The van der Waals surface area contributed by atoms with E-state index < -0.39 is 5.97 Å². The molecule has 0 bridgehead atoms. The summed E-state index contributed by atoms with van der Waals surface area (Å²) in [5.74, 6) is 1.06. The third-order valence-corrected chi connectivity index (χ3v) is 6.23. The van der Waals surface area contributed by atoms with Gasteiger partial charge in [0.15, 0.2) is 11.6 Å². The summed E-state index contributed by atoms with van der Waals surface area (Å²) in [7, 11) is 1.84. The Morgan fingerprint density at radius 3 is 2.77 bits per heavy atom. The van der Waals surface area contributed by atoms with Crippen LogP contribution in [-0.2, 0) is 18.4 Å². The SMILES string of the molecule is Cc1nc(-c2cnn(C)c2CNc2nc(Cl)nc(C(C)C)n2)ncc1O[C@H]1CCC[C@H](C(=O)O)C1. The van der Waals surface area contributed by atoms with E-state index in [4.69, 9.17) is 16.3 Å². The van der Waals surface area contributed by atoms with Gasteiger partial charge in [-0.1, -0.05) is 13.8 Å². The maximum atomic E-state index is 11.4. The molecule has 0 spiro atoms. The van der Waals surface area contributed by atoms with Crippen LogP contribution in [0.5, 0.6) is 5.75 Å². The van der Waals surface area contributed by atoms with Gasteiger partial charge in [0.1, 0.15) is 5.82 Å². The average Bonchev–Trinajstić information content (AvgIpc) is 3.19. The van der Waals surface area contributed by atoms with Crippen LogP contribution in [0.25, 0.3) is 11.4 Å². The topological polar surface area (TPSA) is 141 Å². The largest absolute Gasteiger partial charge is 0.487 e. The van der Waals surface area contributed by atoms with E-state index in [0.29, 0.717) is 48.4 Å². The van der Waals surface area contributed by atoms with Crippen molar-refractivity contribution < 1.29 is 14.6 Å². The number of aliphatic carboxylic acids is 1. The fourth-order valence-electron chi connectivity index (χ4n) is 4.08. The first-order valence-corrected chi connectivity index (χ1v) is 12.0. The Morgan fingerprint density at radius 2 is 2.06 bits per heavy atom. The van der Waals surface area contributed by atoms with Gasteiger partial charge in [0.25, 0.3) is 0 Å². The number of hydrogen-bond acceptors (Lipinski definition) is 9. The van der Waals surface area contributed by atoms with E-state index in [2.05, 4.69) is 35.3 Å². The second-order valence-electron chi connectivity index (χ2n) is 9.01. The van der Waals surface area contributed by atoms with E-state index in [1.165, 1.54) is 0 Å². The van der Waals surface area contributed by atoms with Crippen LogP contribution < -0.4 is 10.1 Å². The molecule has 35 heavy (non-hydrogen) atoms. The number of aryl methyl sites for hydroxylation is 2. The fraction of sp³-hybridized carbons (Fsp3) is 0.522. The first-order valence-electron chi connectivity index (χ1n) is 11.6. The van der Waals surface area contributed by atoms with Crippen LogP contribution in [0.3, 0.4) is 0 Å². The number of carboxylic acids is 1. The van der Waals surface area contributed by atoms with Crippen LogP contribution in [-0.4, -0.2) is 51.9 Å². The number of nitrogens with zero attached hydrogens (tertiary/aromatic N) is 7. The molecule has 0 aliphatic heterocycles. The zero-order valence-corrected chi connectivity index (χ0v) is 21.0. The smallest absolute Gasteiger partial charge is 0.306 e. The molecule has 1 fully saturated rings. The van der Waals surface area contributed by atoms with Crippen LogP contribution in [0.4, 0.5) is 5.95 Å². The summed E-state index contributed by atoms with van der Waals surface area (Å²) in [4.78, 5) is 33.3. The molecule has 0 amide bonds. The van der Waals surface area contributed by atoms with Gasteiger partial charge in [0.05, 0.1) is 47.9 Å². The quantitative estimate of drug-likeness (QED) is 0.469. The number of hydrogen-bond donors (Lipinski definition) is 2. The lowest BCUT2D eigenvalue weighted by molar-refractivity contribution is -0.143. The molecule has 0 unspecified atom stereocenters. The van der Waals surface area contributed by atoms with Gasteiger partial charge in [-0.15, -0.1) is 0 Å². The summed E-state index contributed by atoms with van der Waals surface area (Å²) < 4.78 is 7.83. The highest BCUT2D eigenvalue weighted by atomic mass is 35.5. The van der Waals surface area contributed by atoms with E-state index in [0.717, 1.165) is 24.1 Å². The van der Waals surface area contributed by atoms with E-state index in [1.807, 2.05) is 27.8 Å². The third-order valence-electron chi connectivity index (χ3n) is 6.06. The third kappa shape index (κ3) is 5.84. The van der Waals surface area contributed by atoms with Gasteiger partial charge in [-0.3, -0.25) is 9.48 Å². The van der Waals surface area contributed by atoms with E-state index >= 15 is 0 Å². The predicted molar refractivity (Wildman–Crippen MR) is 129 cm³/mol. The summed E-state index contributed by atoms with van der Waals surface area (Å²) in [6, 6.07) is 0. The van der Waals surface area contributed by atoms with Crippen molar-refractivity contribution in [3.63, 3.8) is 0 Å². The standard InChI is InChI=1S/C23H29ClN8O3/c1-12(2)19-29-22(24)31-23(30-19)26-10-17-16(9-27-32(17)4)20-25-11-18(13(3)28-20)35-15-7-5-6-14(8-15)21(33)34/h9,11-12,14-15H,5-8,10H2,1-4H3,(H,33,34)(H,26,29,30,31)/t14-,15-/m0/s1. The second kappa shape index (κ2) is 10.5. The molecule has 1 aliphatic carbocycles. The van der Waals surface area contributed by atoms with Crippen molar-refractivity contribution in [3.8, 4) is 17.1 Å². The van der Waals surface area contributed by atoms with Crippen molar-refractivity contribution in [3.05, 3.63) is 34.9 Å². The highest BCUT2D eigenvalue weighted by Gasteiger charge is 2.28. The molecule has 0 saturated heterocycles. The number of anilines is 1. The molecule has 3 aromatic heterocycles. The summed E-state index contributed by atoms with van der Waals surface area (Å²) in [6.07, 6.45) is 6.04. The highest BCUT2D eigenvalue weighted by molar-refractivity contribution is 6.28. The van der Waals surface area contributed by atoms with Crippen LogP contribution in [0.15, 0.2) is 12.4 Å². The van der Waals surface area contributed by atoms with Gasteiger partial charge in [-0.2, -0.15) is 15.1 Å². The number of nitrogens with one attached hydrogen (secondary N) is 1. The zero-order valence-electron chi connectivity index (χ0n) is 20.2. The summed E-state index contributed by atoms with van der Waals surface area (Å²) >= 11 is 6.06. The van der Waals surface area contributed by atoms with E-state index in [9.17, 15) is 9.90 Å². The minimum Gasteiger partial charge on any atom is -0.487 e. The van der Waals surface area contributed by atoms with Crippen LogP contribution in [0.1, 0.15) is 62.7 Å². The first-order chi connectivity index (χ1) is 16.7. The molecule has 186 valence electrons. The molecular formula is C23H29ClN8O3. The molecule has 3 heterocycles. The lowest BCUT2D eigenvalue weighted by atomic mass is 9.87. The molecule has 0 aromatic carbocycles. The average molecular weight is 501 g/mol. The molecule has 3 aromatic rings. The van der Waals surface area contributed by atoms with Gasteiger partial charge in [-0.05, 0) is 44.2 Å². The van der Waals surface area contributed by atoms with Gasteiger partial charge in [-0.25, -0.2) is 15.0 Å². The Balaban J connectivity index is 1.50. The van der Waals surface area contributed by atoms with Gasteiger partial charge in [0.2, 0.25) is 11.2 Å². The number of aromatic nitrogens is 7. The number of halogens is 1. The maximum Gasteiger partial charge on any atom is 0.306 e. The minimum absolute atomic E-state index is 0.115. The Bertz CT molecular complexity index is 1220. The van der Waals surface area contributed by atoms with Crippen LogP contribution in [0.2, 0.25) is 5.28 Å². The van der Waals surface area contributed by atoms with Gasteiger partial charge < -0.3 is 15.2 Å². The van der Waals surface area contributed by atoms with Crippen molar-refractivity contribution in [2.45, 2.75) is 65.0 Å². The first kappa shape index (κ1) is 24.8. The molecule has 2 N–H and O–H groups in total. The lowest BCUT2D eigenvalue weighted by Crippen LogP contribution is -2.29. The molecular weight excluding hydrogens is 472 g/mol. The zero-order chi connectivity index (χ0) is 25.1. The maximum absolute atomic E-state index is 11.4. The van der Waals surface area contributed by atoms with E-state index in [-0.39, 0.29) is 23.2 Å². The Labute approximate surface area is 208 Å². The van der Waals surface area contributed by atoms with Crippen molar-refractivity contribution in [1.29, 1.82) is 0 Å². The Morgan fingerprint density at radius 1 is 1.26 bits per heavy atom. The van der Waals surface area contributed by atoms with Crippen molar-refractivity contribution in [1.82, 2.24) is 34.7 Å². The highest BCUT2D eigenvalue weighted by Crippen LogP contribution is 2.30. The molecule has 0 radical (unpaired) electrons. The second-order valence-corrected chi connectivity index (χ2v) is 9.35. The van der Waals surface area contributed by atoms with E-state index in [1.54, 1.807) is 17.1 Å². The summed E-state index contributed by atoms with van der Waals surface area (Å²) in [5, 5.41) is 17.0. The molecule has 12 heteroatoms. The molecule has 1 aliphatic rings. The van der Waals surface area contributed by atoms with Crippen LogP contribution >= 0.6 is 11.6 Å². The normalized spacial score (nSPS) is 18.0. The molecule has 2 atom stereocenters. The van der Waals surface area contributed by atoms with Gasteiger partial charge in [0, 0.05) is 13.0 Å². The number of carboxylic acid groups (broad SMARTS) is 1. The molecule has 4 rings (SSSR count). The number of rotatable bonds is 8.